The average molecular weight is 401 g/mol. The number of rotatable bonds is 8. The molecule has 8 heteroatoms. The highest BCUT2D eigenvalue weighted by molar-refractivity contribution is 5.92. The molecule has 0 aromatic heterocycles. The van der Waals surface area contributed by atoms with Gasteiger partial charge in [0.25, 0.3) is 5.91 Å². The summed E-state index contributed by atoms with van der Waals surface area (Å²) in [5.41, 5.74) is 0.263. The Kier molecular flexibility index (Phi) is 6.78. The van der Waals surface area contributed by atoms with Crippen molar-refractivity contribution in [3.63, 3.8) is 0 Å². The van der Waals surface area contributed by atoms with E-state index in [-0.39, 0.29) is 18.2 Å². The first kappa shape index (κ1) is 20.3. The summed E-state index contributed by atoms with van der Waals surface area (Å²) < 4.78 is 27.0. The molecule has 0 aliphatic carbocycles. The van der Waals surface area contributed by atoms with Gasteiger partial charge >= 0.3 is 5.97 Å². The lowest BCUT2D eigenvalue weighted by molar-refractivity contribution is -0.124. The molecule has 2 aromatic carbocycles. The first-order chi connectivity index (χ1) is 14.1. The van der Waals surface area contributed by atoms with Crippen molar-refractivity contribution in [2.75, 3.05) is 33.5 Å². The summed E-state index contributed by atoms with van der Waals surface area (Å²) in [6.45, 7) is 2.48. The minimum Gasteiger partial charge on any atom is -0.493 e. The fraction of sp³-hybridized carbons (Fsp3) is 0.333. The summed E-state index contributed by atoms with van der Waals surface area (Å²) in [6.07, 6.45) is -0.320. The molecule has 0 radical (unpaired) electrons. The molecule has 0 spiro atoms. The molecule has 0 bridgehead atoms. The summed E-state index contributed by atoms with van der Waals surface area (Å²) in [6, 6.07) is 12.0. The predicted molar refractivity (Wildman–Crippen MR) is 104 cm³/mol. The van der Waals surface area contributed by atoms with E-state index >= 15 is 0 Å². The molecular formula is C21H23NO7. The SMILES string of the molecule is CCOc1ccc(C(=O)OCC(=O)NC[C@H]2COc3ccccc3O2)cc1OC. The van der Waals surface area contributed by atoms with Crippen LogP contribution in [-0.4, -0.2) is 51.5 Å². The molecule has 1 amide bonds. The Hall–Kier alpha value is -3.42. The van der Waals surface area contributed by atoms with Gasteiger partial charge in [0, 0.05) is 0 Å². The second kappa shape index (κ2) is 9.68. The fourth-order valence-corrected chi connectivity index (χ4v) is 2.73. The van der Waals surface area contributed by atoms with Crippen molar-refractivity contribution in [2.24, 2.45) is 0 Å². The fourth-order valence-electron chi connectivity index (χ4n) is 2.73. The Morgan fingerprint density at radius 3 is 2.69 bits per heavy atom. The van der Waals surface area contributed by atoms with Gasteiger partial charge in [-0.15, -0.1) is 0 Å². The van der Waals surface area contributed by atoms with Gasteiger partial charge in [0.1, 0.15) is 12.7 Å². The van der Waals surface area contributed by atoms with Crippen LogP contribution < -0.4 is 24.3 Å². The zero-order chi connectivity index (χ0) is 20.6. The largest absolute Gasteiger partial charge is 0.493 e. The number of hydrogen-bond acceptors (Lipinski definition) is 7. The highest BCUT2D eigenvalue weighted by Gasteiger charge is 2.21. The minimum atomic E-state index is -0.632. The van der Waals surface area contributed by atoms with Crippen molar-refractivity contribution >= 4 is 11.9 Å². The number of carbonyl (C=O) groups is 2. The normalized spacial score (nSPS) is 14.6. The Balaban J connectivity index is 1.45. The number of ether oxygens (including phenoxy) is 5. The molecule has 154 valence electrons. The zero-order valence-corrected chi connectivity index (χ0v) is 16.3. The highest BCUT2D eigenvalue weighted by Crippen LogP contribution is 2.30. The monoisotopic (exact) mass is 401 g/mol. The van der Waals surface area contributed by atoms with Gasteiger partial charge in [0.05, 0.1) is 25.8 Å². The molecule has 1 aliphatic rings. The van der Waals surface area contributed by atoms with E-state index < -0.39 is 18.5 Å². The van der Waals surface area contributed by atoms with E-state index in [1.165, 1.54) is 13.2 Å². The first-order valence-corrected chi connectivity index (χ1v) is 9.23. The number of fused-ring (bicyclic) bond motifs is 1. The number of hydrogen-bond donors (Lipinski definition) is 1. The number of nitrogens with one attached hydrogen (secondary N) is 1. The van der Waals surface area contributed by atoms with Crippen molar-refractivity contribution in [2.45, 2.75) is 13.0 Å². The lowest BCUT2D eigenvalue weighted by Crippen LogP contribution is -2.42. The van der Waals surface area contributed by atoms with Gasteiger partial charge in [-0.25, -0.2) is 4.79 Å². The van der Waals surface area contributed by atoms with Crippen molar-refractivity contribution in [3.8, 4) is 23.0 Å². The molecule has 1 heterocycles. The molecule has 29 heavy (non-hydrogen) atoms. The molecule has 1 N–H and O–H groups in total. The first-order valence-electron chi connectivity index (χ1n) is 9.23. The van der Waals surface area contributed by atoms with Crippen LogP contribution in [0.3, 0.4) is 0 Å². The summed E-state index contributed by atoms with van der Waals surface area (Å²) in [5.74, 6) is 1.19. The van der Waals surface area contributed by atoms with Crippen LogP contribution in [0.15, 0.2) is 42.5 Å². The molecular weight excluding hydrogens is 378 g/mol. The maximum absolute atomic E-state index is 12.2. The number of para-hydroxylation sites is 2. The van der Waals surface area contributed by atoms with E-state index in [9.17, 15) is 9.59 Å². The van der Waals surface area contributed by atoms with E-state index in [4.69, 9.17) is 23.7 Å². The number of esters is 1. The smallest absolute Gasteiger partial charge is 0.338 e. The van der Waals surface area contributed by atoms with Gasteiger partial charge in [-0.05, 0) is 37.3 Å². The topological polar surface area (TPSA) is 92.3 Å². The van der Waals surface area contributed by atoms with Gasteiger partial charge in [0.2, 0.25) is 0 Å². The minimum absolute atomic E-state index is 0.238. The van der Waals surface area contributed by atoms with Crippen LogP contribution in [0.25, 0.3) is 0 Å². The average Bonchev–Trinajstić information content (AvgIpc) is 2.76. The number of benzene rings is 2. The Labute approximate surface area is 168 Å². The van der Waals surface area contributed by atoms with Crippen LogP contribution in [0.5, 0.6) is 23.0 Å². The zero-order valence-electron chi connectivity index (χ0n) is 16.3. The van der Waals surface area contributed by atoms with Crippen LogP contribution in [0.1, 0.15) is 17.3 Å². The van der Waals surface area contributed by atoms with Crippen molar-refractivity contribution in [1.29, 1.82) is 0 Å². The molecule has 1 atom stereocenters. The predicted octanol–water partition coefficient (Wildman–Crippen LogP) is 2.21. The molecule has 0 saturated carbocycles. The third kappa shape index (κ3) is 5.31. The third-order valence-electron chi connectivity index (χ3n) is 4.13. The van der Waals surface area contributed by atoms with Gasteiger partial charge in [0.15, 0.2) is 29.6 Å². The standard InChI is InChI=1S/C21H23NO7/c1-3-26-17-9-8-14(10-19(17)25-2)21(24)28-13-20(23)22-11-15-12-27-16-6-4-5-7-18(16)29-15/h4-10,15H,3,11-13H2,1-2H3,(H,22,23)/t15-/m0/s1. The van der Waals surface area contributed by atoms with Crippen LogP contribution in [0, 0.1) is 0 Å². The Morgan fingerprint density at radius 2 is 1.93 bits per heavy atom. The molecule has 1 aliphatic heterocycles. The molecule has 0 unspecified atom stereocenters. The van der Waals surface area contributed by atoms with Crippen molar-refractivity contribution in [1.82, 2.24) is 5.32 Å². The van der Waals surface area contributed by atoms with Crippen molar-refractivity contribution in [3.05, 3.63) is 48.0 Å². The van der Waals surface area contributed by atoms with Gasteiger partial charge in [-0.1, -0.05) is 12.1 Å². The summed E-state index contributed by atoms with van der Waals surface area (Å²) >= 11 is 0. The number of amides is 1. The van der Waals surface area contributed by atoms with Crippen LogP contribution >= 0.6 is 0 Å². The molecule has 2 aromatic rings. The Morgan fingerprint density at radius 1 is 1.14 bits per heavy atom. The number of methoxy groups -OCH3 is 1. The lowest BCUT2D eigenvalue weighted by atomic mass is 10.2. The maximum Gasteiger partial charge on any atom is 0.338 e. The third-order valence-corrected chi connectivity index (χ3v) is 4.13. The second-order valence-corrected chi connectivity index (χ2v) is 6.18. The number of carbonyl (C=O) groups excluding carboxylic acids is 2. The van der Waals surface area contributed by atoms with Crippen LogP contribution in [-0.2, 0) is 9.53 Å². The van der Waals surface area contributed by atoms with Crippen molar-refractivity contribution < 1.29 is 33.3 Å². The quantitative estimate of drug-likeness (QED) is 0.678. The summed E-state index contributed by atoms with van der Waals surface area (Å²) in [7, 11) is 1.48. The second-order valence-electron chi connectivity index (χ2n) is 6.18. The van der Waals surface area contributed by atoms with E-state index in [0.29, 0.717) is 36.2 Å². The Bertz CT molecular complexity index is 868. The van der Waals surface area contributed by atoms with Crippen LogP contribution in [0.4, 0.5) is 0 Å². The highest BCUT2D eigenvalue weighted by atomic mass is 16.6. The summed E-state index contributed by atoms with van der Waals surface area (Å²) in [4.78, 5) is 24.2. The van der Waals surface area contributed by atoms with E-state index in [0.717, 1.165) is 0 Å². The van der Waals surface area contributed by atoms with E-state index in [1.54, 1.807) is 18.2 Å². The molecule has 0 fully saturated rings. The molecule has 3 rings (SSSR count). The van der Waals surface area contributed by atoms with Crippen LogP contribution in [0.2, 0.25) is 0 Å². The van der Waals surface area contributed by atoms with Gasteiger partial charge < -0.3 is 29.0 Å². The van der Waals surface area contributed by atoms with Gasteiger partial charge in [-0.3, -0.25) is 4.79 Å². The van der Waals surface area contributed by atoms with E-state index in [1.807, 2.05) is 25.1 Å². The molecule has 8 nitrogen and oxygen atoms in total. The summed E-state index contributed by atoms with van der Waals surface area (Å²) in [5, 5.41) is 2.67. The maximum atomic E-state index is 12.2. The lowest BCUT2D eigenvalue weighted by Gasteiger charge is -2.26. The molecule has 0 saturated heterocycles. The van der Waals surface area contributed by atoms with E-state index in [2.05, 4.69) is 5.32 Å². The van der Waals surface area contributed by atoms with Gasteiger partial charge in [-0.2, -0.15) is 0 Å².